The molecule has 5 nitrogen and oxygen atoms in total. The predicted molar refractivity (Wildman–Crippen MR) is 86.9 cm³/mol. The molecule has 1 aliphatic heterocycles. The van der Waals surface area contributed by atoms with E-state index >= 15 is 0 Å². The number of aryl methyl sites for hydroxylation is 1. The van der Waals surface area contributed by atoms with E-state index in [-0.39, 0.29) is 6.10 Å². The molecule has 1 aliphatic rings. The van der Waals surface area contributed by atoms with Gasteiger partial charge < -0.3 is 14.4 Å². The maximum atomic E-state index is 10.4. The molecule has 0 spiro atoms. The molecule has 2 atom stereocenters. The molecule has 2 aromatic rings. The van der Waals surface area contributed by atoms with Crippen LogP contribution in [-0.4, -0.2) is 51.9 Å². The first-order chi connectivity index (χ1) is 10.8. The lowest BCUT2D eigenvalue weighted by molar-refractivity contribution is -0.0264. The average molecular weight is 321 g/mol. The van der Waals surface area contributed by atoms with Gasteiger partial charge in [-0.25, -0.2) is 4.98 Å². The number of rotatable bonds is 7. The molecule has 120 valence electrons. The Bertz CT molecular complexity index is 530. The van der Waals surface area contributed by atoms with E-state index in [1.54, 1.807) is 11.3 Å². The van der Waals surface area contributed by atoms with Crippen LogP contribution in [0.1, 0.15) is 23.8 Å². The topological polar surface area (TPSA) is 50.5 Å². The number of hydrogen-bond donors (Lipinski definition) is 1. The normalized spacial score (nSPS) is 21.0. The number of thiophene rings is 1. The maximum absolute atomic E-state index is 10.4. The quantitative estimate of drug-likeness (QED) is 0.849. The van der Waals surface area contributed by atoms with Crippen molar-refractivity contribution in [3.63, 3.8) is 0 Å². The third-order valence-electron chi connectivity index (χ3n) is 4.14. The van der Waals surface area contributed by atoms with Crippen LogP contribution in [0.3, 0.4) is 0 Å². The second-order valence-electron chi connectivity index (χ2n) is 5.69. The van der Waals surface area contributed by atoms with Gasteiger partial charge in [-0.15, -0.1) is 11.3 Å². The summed E-state index contributed by atoms with van der Waals surface area (Å²) in [5.41, 5.74) is 0. The molecule has 2 aromatic heterocycles. The first-order valence-electron chi connectivity index (χ1n) is 7.82. The van der Waals surface area contributed by atoms with Gasteiger partial charge in [-0.2, -0.15) is 0 Å². The minimum atomic E-state index is -0.386. The van der Waals surface area contributed by atoms with Gasteiger partial charge in [0.15, 0.2) is 0 Å². The Hall–Kier alpha value is -1.21. The molecule has 22 heavy (non-hydrogen) atoms. The summed E-state index contributed by atoms with van der Waals surface area (Å²) in [6, 6.07) is 4.29. The van der Waals surface area contributed by atoms with Gasteiger partial charge in [0.25, 0.3) is 0 Å². The highest BCUT2D eigenvalue weighted by Crippen LogP contribution is 2.25. The monoisotopic (exact) mass is 321 g/mol. The number of aliphatic hydroxyl groups excluding tert-OH is 1. The molecule has 3 heterocycles. The molecule has 0 amide bonds. The van der Waals surface area contributed by atoms with E-state index in [4.69, 9.17) is 4.74 Å². The van der Waals surface area contributed by atoms with Crippen molar-refractivity contribution in [1.82, 2.24) is 14.5 Å². The summed E-state index contributed by atoms with van der Waals surface area (Å²) in [6.45, 7) is 4.47. The zero-order chi connectivity index (χ0) is 15.2. The number of aromatic nitrogens is 2. The summed E-state index contributed by atoms with van der Waals surface area (Å²) < 4.78 is 7.73. The Kier molecular flexibility index (Phi) is 5.61. The summed E-state index contributed by atoms with van der Waals surface area (Å²) >= 11 is 1.62. The Balaban J connectivity index is 1.49. The van der Waals surface area contributed by atoms with Crippen molar-refractivity contribution in [2.45, 2.75) is 31.5 Å². The second-order valence-corrected chi connectivity index (χ2v) is 6.66. The second kappa shape index (κ2) is 7.87. The fraction of sp³-hybridized carbons (Fsp3) is 0.562. The molecule has 1 saturated heterocycles. The van der Waals surface area contributed by atoms with Crippen LogP contribution >= 0.6 is 11.3 Å². The standard InChI is InChI=1S/C16H23N3O2S/c20-15(16-3-1-10-22-16)11-14-12-21-9-8-19(14)6-2-5-18-7-4-17-13-18/h1,3-4,7,10,13-15,20H,2,5-6,8-9,11-12H2. The largest absolute Gasteiger partial charge is 0.388 e. The lowest BCUT2D eigenvalue weighted by Crippen LogP contribution is -2.46. The minimum absolute atomic E-state index is 0.300. The van der Waals surface area contributed by atoms with Gasteiger partial charge in [0.05, 0.1) is 25.6 Å². The smallest absolute Gasteiger partial charge is 0.0945 e. The number of ether oxygens (including phenoxy) is 1. The van der Waals surface area contributed by atoms with Crippen molar-refractivity contribution in [1.29, 1.82) is 0 Å². The van der Waals surface area contributed by atoms with E-state index in [9.17, 15) is 5.11 Å². The Morgan fingerprint density at radius 3 is 3.18 bits per heavy atom. The molecule has 0 bridgehead atoms. The van der Waals surface area contributed by atoms with Crippen LogP contribution < -0.4 is 0 Å². The Labute approximate surface area is 135 Å². The van der Waals surface area contributed by atoms with Crippen LogP contribution in [0.5, 0.6) is 0 Å². The van der Waals surface area contributed by atoms with Crippen LogP contribution in [0.2, 0.25) is 0 Å². The lowest BCUT2D eigenvalue weighted by atomic mass is 10.1. The van der Waals surface area contributed by atoms with Crippen molar-refractivity contribution in [3.8, 4) is 0 Å². The molecule has 0 saturated carbocycles. The van der Waals surface area contributed by atoms with E-state index in [1.165, 1.54) is 0 Å². The fourth-order valence-electron chi connectivity index (χ4n) is 2.93. The molecule has 0 radical (unpaired) electrons. The number of aliphatic hydroxyl groups is 1. The third-order valence-corrected chi connectivity index (χ3v) is 5.11. The first-order valence-corrected chi connectivity index (χ1v) is 8.70. The highest BCUT2D eigenvalue weighted by Gasteiger charge is 2.25. The van der Waals surface area contributed by atoms with Crippen molar-refractivity contribution in [2.24, 2.45) is 0 Å². The maximum Gasteiger partial charge on any atom is 0.0945 e. The summed E-state index contributed by atoms with van der Waals surface area (Å²) in [5.74, 6) is 0. The van der Waals surface area contributed by atoms with E-state index in [1.807, 2.05) is 36.2 Å². The summed E-state index contributed by atoms with van der Waals surface area (Å²) in [4.78, 5) is 7.57. The van der Waals surface area contributed by atoms with Crippen molar-refractivity contribution >= 4 is 11.3 Å². The predicted octanol–water partition coefficient (Wildman–Crippen LogP) is 2.16. The number of nitrogens with zero attached hydrogens (tertiary/aromatic N) is 3. The van der Waals surface area contributed by atoms with Crippen molar-refractivity contribution in [2.75, 3.05) is 26.3 Å². The molecular formula is C16H23N3O2S. The highest BCUT2D eigenvalue weighted by molar-refractivity contribution is 7.10. The number of hydrogen-bond acceptors (Lipinski definition) is 5. The first kappa shape index (κ1) is 15.7. The van der Waals surface area contributed by atoms with Gasteiger partial charge in [-0.05, 0) is 24.3 Å². The van der Waals surface area contributed by atoms with Crippen LogP contribution in [0.15, 0.2) is 36.2 Å². The summed E-state index contributed by atoms with van der Waals surface area (Å²) in [6.07, 6.45) is 7.11. The molecule has 1 N–H and O–H groups in total. The van der Waals surface area contributed by atoms with Gasteiger partial charge in [0, 0.05) is 42.9 Å². The van der Waals surface area contributed by atoms with Gasteiger partial charge in [-0.1, -0.05) is 6.07 Å². The molecule has 0 aromatic carbocycles. The average Bonchev–Trinajstić information content (AvgIpc) is 3.22. The SMILES string of the molecule is OC(CC1COCCN1CCCn1ccnc1)c1cccs1. The minimum Gasteiger partial charge on any atom is -0.388 e. The summed E-state index contributed by atoms with van der Waals surface area (Å²) in [7, 11) is 0. The van der Waals surface area contributed by atoms with Crippen molar-refractivity contribution < 1.29 is 9.84 Å². The van der Waals surface area contributed by atoms with Gasteiger partial charge >= 0.3 is 0 Å². The van der Waals surface area contributed by atoms with E-state index in [0.717, 1.165) is 44.0 Å². The lowest BCUT2D eigenvalue weighted by Gasteiger charge is -2.36. The Morgan fingerprint density at radius 2 is 2.41 bits per heavy atom. The highest BCUT2D eigenvalue weighted by atomic mass is 32.1. The van der Waals surface area contributed by atoms with Crippen LogP contribution in [0.4, 0.5) is 0 Å². The van der Waals surface area contributed by atoms with E-state index in [2.05, 4.69) is 14.5 Å². The van der Waals surface area contributed by atoms with Gasteiger partial charge in [0.2, 0.25) is 0 Å². The van der Waals surface area contributed by atoms with Gasteiger partial charge in [-0.3, -0.25) is 4.90 Å². The van der Waals surface area contributed by atoms with Crippen LogP contribution in [-0.2, 0) is 11.3 Å². The zero-order valence-corrected chi connectivity index (χ0v) is 13.5. The fourth-order valence-corrected chi connectivity index (χ4v) is 3.66. The molecule has 6 heteroatoms. The summed E-state index contributed by atoms with van der Waals surface area (Å²) in [5, 5.41) is 12.4. The van der Waals surface area contributed by atoms with Crippen molar-refractivity contribution in [3.05, 3.63) is 41.1 Å². The van der Waals surface area contributed by atoms with E-state index < -0.39 is 0 Å². The molecule has 0 aliphatic carbocycles. The Morgan fingerprint density at radius 1 is 1.45 bits per heavy atom. The van der Waals surface area contributed by atoms with Crippen LogP contribution in [0, 0.1) is 0 Å². The van der Waals surface area contributed by atoms with E-state index in [0.29, 0.717) is 12.6 Å². The third kappa shape index (κ3) is 4.16. The van der Waals surface area contributed by atoms with Crippen LogP contribution in [0.25, 0.3) is 0 Å². The molecule has 3 rings (SSSR count). The number of imidazole rings is 1. The molecule has 1 fully saturated rings. The molecular weight excluding hydrogens is 298 g/mol. The zero-order valence-electron chi connectivity index (χ0n) is 12.7. The molecule has 2 unspecified atom stereocenters. The number of morpholine rings is 1. The van der Waals surface area contributed by atoms with Gasteiger partial charge in [0.1, 0.15) is 0 Å².